The predicted molar refractivity (Wildman–Crippen MR) is 66.5 cm³/mol. The minimum atomic E-state index is -2.20. The van der Waals surface area contributed by atoms with Crippen LogP contribution in [0.4, 0.5) is 0 Å². The van der Waals surface area contributed by atoms with Gasteiger partial charge in [-0.3, -0.25) is 0 Å². The fourth-order valence-corrected chi connectivity index (χ4v) is 1.96. The van der Waals surface area contributed by atoms with Crippen molar-refractivity contribution in [3.05, 3.63) is 60.2 Å². The number of rotatable bonds is 4. The van der Waals surface area contributed by atoms with Crippen molar-refractivity contribution in [2.24, 2.45) is 0 Å². The lowest BCUT2D eigenvalue weighted by atomic mass is 10.2. The molecule has 0 N–H and O–H groups in total. The summed E-state index contributed by atoms with van der Waals surface area (Å²) in [7, 11) is -2.20. The molecule has 0 saturated heterocycles. The Morgan fingerprint density at radius 1 is 0.882 bits per heavy atom. The summed E-state index contributed by atoms with van der Waals surface area (Å²) in [5, 5.41) is 0. The molecule has 0 bridgehead atoms. The van der Waals surface area contributed by atoms with Crippen LogP contribution in [0.2, 0.25) is 0 Å². The average molecular weight is 247 g/mol. The van der Waals surface area contributed by atoms with Gasteiger partial charge in [0.15, 0.2) is 11.5 Å². The molecule has 2 aromatic rings. The van der Waals surface area contributed by atoms with Crippen molar-refractivity contribution < 1.29 is 13.6 Å². The van der Waals surface area contributed by atoms with Crippen LogP contribution in [0.25, 0.3) is 0 Å². The lowest BCUT2D eigenvalue weighted by molar-refractivity contribution is 0.415. The molecule has 0 fully saturated rings. The van der Waals surface area contributed by atoms with Crippen LogP contribution >= 0.6 is 8.25 Å². The molecule has 0 radical (unpaired) electrons. The Labute approximate surface area is 101 Å². The molecule has 0 saturated carbocycles. The summed E-state index contributed by atoms with van der Waals surface area (Å²) in [4.78, 5) is 0. The van der Waals surface area contributed by atoms with Crippen molar-refractivity contribution >= 4 is 8.25 Å². The summed E-state index contributed by atoms with van der Waals surface area (Å²) in [6, 6.07) is 16.3. The maximum absolute atomic E-state index is 11.6. The molecule has 86 valence electrons. The summed E-state index contributed by atoms with van der Waals surface area (Å²) < 4.78 is 21.9. The molecule has 0 aromatic heterocycles. The van der Waals surface area contributed by atoms with Gasteiger partial charge in [-0.2, -0.15) is 0 Å². The minimum Gasteiger partial charge on any atom is -0.222 e. The quantitative estimate of drug-likeness (QED) is 0.762. The highest BCUT2D eigenvalue weighted by atomic mass is 31.1. The minimum absolute atomic E-state index is 0.529. The second-order valence-electron chi connectivity index (χ2n) is 3.54. The molecular formula is C13H12O3P+. The summed E-state index contributed by atoms with van der Waals surface area (Å²) in [5.41, 5.74) is 1.05. The second-order valence-corrected chi connectivity index (χ2v) is 4.35. The SMILES string of the molecule is Cc1cccc(O[P+](=O)Oc2ccccc2)c1. The number of hydrogen-bond donors (Lipinski definition) is 0. The van der Waals surface area contributed by atoms with Crippen LogP contribution < -0.4 is 9.05 Å². The van der Waals surface area contributed by atoms with Gasteiger partial charge in [0.25, 0.3) is 0 Å². The maximum atomic E-state index is 11.6. The maximum Gasteiger partial charge on any atom is 0.805 e. The first-order valence-corrected chi connectivity index (χ1v) is 6.28. The van der Waals surface area contributed by atoms with Crippen molar-refractivity contribution in [1.29, 1.82) is 0 Å². The van der Waals surface area contributed by atoms with E-state index in [4.69, 9.17) is 9.05 Å². The number of para-hydroxylation sites is 1. The van der Waals surface area contributed by atoms with E-state index in [1.54, 1.807) is 18.2 Å². The average Bonchev–Trinajstić information content (AvgIpc) is 2.30. The Bertz CT molecular complexity index is 511. The lowest BCUT2D eigenvalue weighted by Gasteiger charge is -1.95. The fraction of sp³-hybridized carbons (Fsp3) is 0.0769. The Morgan fingerprint density at radius 3 is 2.24 bits per heavy atom. The van der Waals surface area contributed by atoms with Crippen molar-refractivity contribution in [2.45, 2.75) is 6.92 Å². The van der Waals surface area contributed by atoms with Gasteiger partial charge in [-0.05, 0) is 36.8 Å². The third kappa shape index (κ3) is 3.58. The largest absolute Gasteiger partial charge is 0.805 e. The van der Waals surface area contributed by atoms with E-state index in [0.717, 1.165) is 5.56 Å². The van der Waals surface area contributed by atoms with Gasteiger partial charge in [0, 0.05) is 4.57 Å². The van der Waals surface area contributed by atoms with Crippen LogP contribution in [0.1, 0.15) is 5.56 Å². The molecule has 0 aliphatic carbocycles. The first-order valence-electron chi connectivity index (χ1n) is 5.19. The Balaban J connectivity index is 1.98. The van der Waals surface area contributed by atoms with Crippen LogP contribution in [0.3, 0.4) is 0 Å². The van der Waals surface area contributed by atoms with E-state index in [2.05, 4.69) is 0 Å². The fourth-order valence-electron chi connectivity index (χ4n) is 1.34. The van der Waals surface area contributed by atoms with Gasteiger partial charge >= 0.3 is 8.25 Å². The first kappa shape index (κ1) is 11.6. The molecule has 1 unspecified atom stereocenters. The van der Waals surface area contributed by atoms with E-state index in [-0.39, 0.29) is 0 Å². The Kier molecular flexibility index (Phi) is 3.73. The normalized spacial score (nSPS) is 10.8. The molecular weight excluding hydrogens is 235 g/mol. The van der Waals surface area contributed by atoms with Gasteiger partial charge in [-0.15, -0.1) is 0 Å². The Hall–Kier alpha value is -1.86. The molecule has 2 rings (SSSR count). The monoisotopic (exact) mass is 247 g/mol. The molecule has 0 aliphatic rings. The van der Waals surface area contributed by atoms with Gasteiger partial charge in [0.1, 0.15) is 0 Å². The third-order valence-corrected chi connectivity index (χ3v) is 2.81. The van der Waals surface area contributed by atoms with Gasteiger partial charge in [0.05, 0.1) is 0 Å². The van der Waals surface area contributed by atoms with Crippen LogP contribution in [-0.2, 0) is 4.57 Å². The van der Waals surface area contributed by atoms with Crippen molar-refractivity contribution in [1.82, 2.24) is 0 Å². The highest BCUT2D eigenvalue weighted by molar-refractivity contribution is 7.34. The first-order chi connectivity index (χ1) is 8.24. The van der Waals surface area contributed by atoms with Crippen LogP contribution in [0.15, 0.2) is 54.6 Å². The van der Waals surface area contributed by atoms with E-state index >= 15 is 0 Å². The van der Waals surface area contributed by atoms with Crippen molar-refractivity contribution in [3.8, 4) is 11.5 Å². The smallest absolute Gasteiger partial charge is 0.222 e. The molecule has 2 aromatic carbocycles. The summed E-state index contributed by atoms with van der Waals surface area (Å²) in [6.45, 7) is 1.94. The molecule has 0 amide bonds. The zero-order chi connectivity index (χ0) is 12.1. The molecule has 0 spiro atoms. The van der Waals surface area contributed by atoms with E-state index in [1.165, 1.54) is 0 Å². The number of aryl methyl sites for hydroxylation is 1. The number of benzene rings is 2. The third-order valence-electron chi connectivity index (χ3n) is 2.09. The van der Waals surface area contributed by atoms with Gasteiger partial charge in [-0.25, -0.2) is 9.05 Å². The van der Waals surface area contributed by atoms with Crippen LogP contribution in [-0.4, -0.2) is 0 Å². The van der Waals surface area contributed by atoms with Gasteiger partial charge in [-0.1, -0.05) is 30.3 Å². The standard InChI is InChI=1S/C13H12O3P/c1-11-6-5-9-13(10-11)16-17(14)15-12-7-3-2-4-8-12/h2-10H,1H3/q+1. The lowest BCUT2D eigenvalue weighted by Crippen LogP contribution is -1.88. The molecule has 0 aliphatic heterocycles. The molecule has 3 nitrogen and oxygen atoms in total. The zero-order valence-electron chi connectivity index (χ0n) is 9.37. The summed E-state index contributed by atoms with van der Waals surface area (Å²) in [6.07, 6.45) is 0. The summed E-state index contributed by atoms with van der Waals surface area (Å²) in [5.74, 6) is 1.07. The van der Waals surface area contributed by atoms with E-state index < -0.39 is 8.25 Å². The highest BCUT2D eigenvalue weighted by Gasteiger charge is 2.23. The predicted octanol–water partition coefficient (Wildman–Crippen LogP) is 4.11. The molecule has 4 heteroatoms. The van der Waals surface area contributed by atoms with E-state index in [1.807, 2.05) is 43.3 Å². The zero-order valence-corrected chi connectivity index (χ0v) is 10.3. The molecule has 17 heavy (non-hydrogen) atoms. The highest BCUT2D eigenvalue weighted by Crippen LogP contribution is 2.30. The number of hydrogen-bond acceptors (Lipinski definition) is 3. The van der Waals surface area contributed by atoms with Crippen molar-refractivity contribution in [3.63, 3.8) is 0 Å². The topological polar surface area (TPSA) is 35.5 Å². The molecule has 0 heterocycles. The van der Waals surface area contributed by atoms with Crippen molar-refractivity contribution in [2.75, 3.05) is 0 Å². The van der Waals surface area contributed by atoms with Crippen LogP contribution in [0.5, 0.6) is 11.5 Å². The van der Waals surface area contributed by atoms with E-state index in [9.17, 15) is 4.57 Å². The van der Waals surface area contributed by atoms with Crippen LogP contribution in [0, 0.1) is 6.92 Å². The molecule has 1 atom stereocenters. The van der Waals surface area contributed by atoms with E-state index in [0.29, 0.717) is 11.5 Å². The summed E-state index contributed by atoms with van der Waals surface area (Å²) >= 11 is 0. The van der Waals surface area contributed by atoms with Gasteiger partial charge < -0.3 is 0 Å². The van der Waals surface area contributed by atoms with Gasteiger partial charge in [0.2, 0.25) is 0 Å². The Morgan fingerprint density at radius 2 is 1.53 bits per heavy atom. The second kappa shape index (κ2) is 5.46.